The van der Waals surface area contributed by atoms with Crippen LogP contribution in [-0.4, -0.2) is 45.4 Å². The third kappa shape index (κ3) is 3.13. The van der Waals surface area contributed by atoms with Gasteiger partial charge in [-0.2, -0.15) is 0 Å². The van der Waals surface area contributed by atoms with Crippen molar-refractivity contribution in [3.63, 3.8) is 0 Å². The van der Waals surface area contributed by atoms with Gasteiger partial charge < -0.3 is 10.0 Å². The van der Waals surface area contributed by atoms with Crippen LogP contribution in [0, 0.1) is 0 Å². The lowest BCUT2D eigenvalue weighted by Crippen LogP contribution is -2.46. The fourth-order valence-electron chi connectivity index (χ4n) is 3.27. The summed E-state index contributed by atoms with van der Waals surface area (Å²) in [6.45, 7) is -0.0634. The molecular formula is C16H18F2N2O3. The highest BCUT2D eigenvalue weighted by Gasteiger charge is 2.46. The molecule has 5 nitrogen and oxygen atoms in total. The Morgan fingerprint density at radius 1 is 1.26 bits per heavy atom. The maximum atomic E-state index is 13.6. The standard InChI is InChI=1S/C16H18F2N2O3/c17-16(18)7-3-5-12(8-16)20-14(22)10-19(15(20)23)9-11-4-1-2-6-13(11)21/h1-2,4,6,12,21H,3,5,7-10H2. The van der Waals surface area contributed by atoms with Crippen LogP contribution in [0.2, 0.25) is 0 Å². The molecule has 1 saturated heterocycles. The maximum absolute atomic E-state index is 13.6. The highest BCUT2D eigenvalue weighted by Crippen LogP contribution is 2.37. The number of hydrogen-bond donors (Lipinski definition) is 1. The van der Waals surface area contributed by atoms with Crippen molar-refractivity contribution in [2.75, 3.05) is 6.54 Å². The Balaban J connectivity index is 1.74. The Labute approximate surface area is 132 Å². The lowest BCUT2D eigenvalue weighted by Gasteiger charge is -2.33. The smallest absolute Gasteiger partial charge is 0.327 e. The topological polar surface area (TPSA) is 60.9 Å². The first-order chi connectivity index (χ1) is 10.9. The first kappa shape index (κ1) is 15.7. The van der Waals surface area contributed by atoms with Gasteiger partial charge in [0.15, 0.2) is 0 Å². The normalized spacial score (nSPS) is 24.3. The number of aromatic hydroxyl groups is 1. The van der Waals surface area contributed by atoms with Gasteiger partial charge in [0.1, 0.15) is 12.3 Å². The fourth-order valence-corrected chi connectivity index (χ4v) is 3.27. The van der Waals surface area contributed by atoms with Crippen LogP contribution in [0.4, 0.5) is 13.6 Å². The van der Waals surface area contributed by atoms with E-state index in [0.29, 0.717) is 18.4 Å². The number of benzene rings is 1. The third-order valence-electron chi connectivity index (χ3n) is 4.40. The first-order valence-electron chi connectivity index (χ1n) is 7.63. The van der Waals surface area contributed by atoms with E-state index in [-0.39, 0.29) is 25.3 Å². The second-order valence-electron chi connectivity index (χ2n) is 6.14. The molecule has 1 atom stereocenters. The van der Waals surface area contributed by atoms with E-state index in [9.17, 15) is 23.5 Å². The lowest BCUT2D eigenvalue weighted by molar-refractivity contribution is -0.129. The molecule has 0 spiro atoms. The van der Waals surface area contributed by atoms with Gasteiger partial charge in [-0.3, -0.25) is 9.69 Å². The van der Waals surface area contributed by atoms with Gasteiger partial charge in [0, 0.05) is 24.4 Å². The molecule has 3 amide bonds. The first-order valence-corrected chi connectivity index (χ1v) is 7.63. The molecule has 0 bridgehead atoms. The average molecular weight is 324 g/mol. The summed E-state index contributed by atoms with van der Waals surface area (Å²) in [6.07, 6.45) is 0.0575. The number of amides is 3. The summed E-state index contributed by atoms with van der Waals surface area (Å²) in [5.74, 6) is -3.24. The molecule has 0 aromatic heterocycles. The van der Waals surface area contributed by atoms with Crippen molar-refractivity contribution in [2.45, 2.75) is 44.2 Å². The van der Waals surface area contributed by atoms with E-state index in [0.717, 1.165) is 4.90 Å². The number of hydrogen-bond acceptors (Lipinski definition) is 3. The van der Waals surface area contributed by atoms with Crippen molar-refractivity contribution in [1.29, 1.82) is 0 Å². The highest BCUT2D eigenvalue weighted by molar-refractivity contribution is 6.02. The number of phenols is 1. The van der Waals surface area contributed by atoms with Crippen molar-refractivity contribution >= 4 is 11.9 Å². The Bertz CT molecular complexity index is 636. The van der Waals surface area contributed by atoms with Gasteiger partial charge in [0.05, 0.1) is 6.54 Å². The van der Waals surface area contributed by atoms with Crippen LogP contribution < -0.4 is 0 Å². The lowest BCUT2D eigenvalue weighted by atomic mass is 9.91. The van der Waals surface area contributed by atoms with Crippen LogP contribution in [0.15, 0.2) is 24.3 Å². The average Bonchev–Trinajstić information content (AvgIpc) is 2.75. The van der Waals surface area contributed by atoms with E-state index in [1.165, 1.54) is 11.0 Å². The van der Waals surface area contributed by atoms with E-state index in [4.69, 9.17) is 0 Å². The Morgan fingerprint density at radius 3 is 2.70 bits per heavy atom. The number of imide groups is 1. The molecule has 2 fully saturated rings. The Kier molecular flexibility index (Phi) is 3.95. The zero-order chi connectivity index (χ0) is 16.6. The van der Waals surface area contributed by atoms with Crippen molar-refractivity contribution in [2.24, 2.45) is 0 Å². The predicted octanol–water partition coefficient (Wildman–Crippen LogP) is 2.73. The van der Waals surface area contributed by atoms with E-state index in [1.807, 2.05) is 0 Å². The summed E-state index contributed by atoms with van der Waals surface area (Å²) >= 11 is 0. The zero-order valence-electron chi connectivity index (χ0n) is 12.5. The van der Waals surface area contributed by atoms with Crippen molar-refractivity contribution < 1.29 is 23.5 Å². The molecule has 3 rings (SSSR count). The molecule has 0 radical (unpaired) electrons. The fraction of sp³-hybridized carbons (Fsp3) is 0.500. The summed E-state index contributed by atoms with van der Waals surface area (Å²) in [6, 6.07) is 5.24. The van der Waals surface area contributed by atoms with E-state index < -0.39 is 30.3 Å². The summed E-state index contributed by atoms with van der Waals surface area (Å²) < 4.78 is 27.1. The maximum Gasteiger partial charge on any atom is 0.327 e. The molecule has 124 valence electrons. The van der Waals surface area contributed by atoms with Gasteiger partial charge >= 0.3 is 6.03 Å². The molecule has 1 unspecified atom stereocenters. The number of phenolic OH excluding ortho intramolecular Hbond substituents is 1. The molecule has 1 N–H and O–H groups in total. The molecule has 1 saturated carbocycles. The highest BCUT2D eigenvalue weighted by atomic mass is 19.3. The van der Waals surface area contributed by atoms with Gasteiger partial charge in [-0.05, 0) is 18.9 Å². The van der Waals surface area contributed by atoms with E-state index >= 15 is 0 Å². The number of carbonyl (C=O) groups is 2. The minimum atomic E-state index is -2.82. The number of para-hydroxylation sites is 1. The van der Waals surface area contributed by atoms with Gasteiger partial charge in [-0.25, -0.2) is 13.6 Å². The van der Waals surface area contributed by atoms with Crippen molar-refractivity contribution in [3.8, 4) is 5.75 Å². The van der Waals surface area contributed by atoms with Gasteiger partial charge in [0.2, 0.25) is 5.92 Å². The predicted molar refractivity (Wildman–Crippen MR) is 78.0 cm³/mol. The SMILES string of the molecule is O=C1CN(Cc2ccccc2O)C(=O)N1C1CCCC(F)(F)C1. The molecule has 1 aliphatic carbocycles. The number of rotatable bonds is 3. The Hall–Kier alpha value is -2.18. The van der Waals surface area contributed by atoms with Gasteiger partial charge in [-0.15, -0.1) is 0 Å². The minimum Gasteiger partial charge on any atom is -0.508 e. The number of halogens is 2. The quantitative estimate of drug-likeness (QED) is 0.870. The van der Waals surface area contributed by atoms with Crippen LogP contribution in [0.3, 0.4) is 0 Å². The van der Waals surface area contributed by atoms with Crippen LogP contribution in [0.5, 0.6) is 5.75 Å². The van der Waals surface area contributed by atoms with Crippen molar-refractivity contribution in [1.82, 2.24) is 9.80 Å². The monoisotopic (exact) mass is 324 g/mol. The van der Waals surface area contributed by atoms with E-state index in [1.54, 1.807) is 18.2 Å². The van der Waals surface area contributed by atoms with Crippen LogP contribution in [-0.2, 0) is 11.3 Å². The molecule has 2 aliphatic rings. The third-order valence-corrected chi connectivity index (χ3v) is 4.40. The second-order valence-corrected chi connectivity index (χ2v) is 6.14. The van der Waals surface area contributed by atoms with Crippen molar-refractivity contribution in [3.05, 3.63) is 29.8 Å². The molecular weight excluding hydrogens is 306 g/mol. The second kappa shape index (κ2) is 5.79. The largest absolute Gasteiger partial charge is 0.508 e. The van der Waals surface area contributed by atoms with Crippen LogP contribution in [0.25, 0.3) is 0 Å². The summed E-state index contributed by atoms with van der Waals surface area (Å²) in [5, 5.41) is 9.77. The summed E-state index contributed by atoms with van der Waals surface area (Å²) in [7, 11) is 0. The summed E-state index contributed by atoms with van der Waals surface area (Å²) in [5.41, 5.74) is 0.518. The van der Waals surface area contributed by atoms with Crippen LogP contribution >= 0.6 is 0 Å². The number of urea groups is 1. The Morgan fingerprint density at radius 2 is 2.00 bits per heavy atom. The number of alkyl halides is 2. The van der Waals surface area contributed by atoms with E-state index in [2.05, 4.69) is 0 Å². The summed E-state index contributed by atoms with van der Waals surface area (Å²) in [4.78, 5) is 26.8. The van der Waals surface area contributed by atoms with Crippen LogP contribution in [0.1, 0.15) is 31.2 Å². The molecule has 1 heterocycles. The number of carbonyl (C=O) groups excluding carboxylic acids is 2. The van der Waals surface area contributed by atoms with Gasteiger partial charge in [-0.1, -0.05) is 18.2 Å². The number of nitrogens with zero attached hydrogens (tertiary/aromatic N) is 2. The molecule has 1 aliphatic heterocycles. The molecule has 7 heteroatoms. The molecule has 23 heavy (non-hydrogen) atoms. The molecule has 1 aromatic carbocycles. The zero-order valence-corrected chi connectivity index (χ0v) is 12.5. The molecule has 1 aromatic rings. The minimum absolute atomic E-state index is 0.0374. The van der Waals surface area contributed by atoms with Gasteiger partial charge in [0.25, 0.3) is 5.91 Å².